The molecule has 2 aromatic heterocycles. The minimum Gasteiger partial charge on any atom is -0.324 e. The SMILES string of the molecule is O=C(CSc1ncnc2sc3c(c12)CCC3)Nc1cccc(Cl)c1Cl. The molecule has 4 nitrogen and oxygen atoms in total. The topological polar surface area (TPSA) is 54.9 Å². The molecule has 0 bridgehead atoms. The maximum absolute atomic E-state index is 12.3. The summed E-state index contributed by atoms with van der Waals surface area (Å²) >= 11 is 15.3. The van der Waals surface area contributed by atoms with Crippen LogP contribution in [-0.2, 0) is 17.6 Å². The number of benzene rings is 1. The quantitative estimate of drug-likeness (QED) is 0.474. The van der Waals surface area contributed by atoms with Crippen LogP contribution in [0.15, 0.2) is 29.6 Å². The lowest BCUT2D eigenvalue weighted by molar-refractivity contribution is -0.113. The molecular formula is C17H13Cl2N3OS2. The second-order valence-electron chi connectivity index (χ2n) is 5.65. The van der Waals surface area contributed by atoms with Gasteiger partial charge in [-0.05, 0) is 37.0 Å². The van der Waals surface area contributed by atoms with Crippen molar-refractivity contribution in [2.24, 2.45) is 0 Å². The van der Waals surface area contributed by atoms with Gasteiger partial charge in [0, 0.05) is 10.3 Å². The van der Waals surface area contributed by atoms with Gasteiger partial charge in [0.05, 0.1) is 21.5 Å². The van der Waals surface area contributed by atoms with Crippen LogP contribution < -0.4 is 5.32 Å². The number of hydrogen-bond donors (Lipinski definition) is 1. The predicted molar refractivity (Wildman–Crippen MR) is 105 cm³/mol. The van der Waals surface area contributed by atoms with E-state index in [1.165, 1.54) is 28.6 Å². The minimum atomic E-state index is -0.146. The van der Waals surface area contributed by atoms with Gasteiger partial charge >= 0.3 is 0 Å². The van der Waals surface area contributed by atoms with Crippen molar-refractivity contribution in [1.29, 1.82) is 0 Å². The molecule has 2 heterocycles. The smallest absolute Gasteiger partial charge is 0.234 e. The summed E-state index contributed by atoms with van der Waals surface area (Å²) in [6.45, 7) is 0. The number of fused-ring (bicyclic) bond motifs is 3. The molecule has 25 heavy (non-hydrogen) atoms. The molecule has 0 spiro atoms. The molecule has 1 N–H and O–H groups in total. The van der Waals surface area contributed by atoms with E-state index in [1.54, 1.807) is 35.9 Å². The first-order chi connectivity index (χ1) is 12.1. The molecule has 0 fully saturated rings. The van der Waals surface area contributed by atoms with Gasteiger partial charge in [-0.2, -0.15) is 0 Å². The highest BCUT2D eigenvalue weighted by Gasteiger charge is 2.21. The fourth-order valence-electron chi connectivity index (χ4n) is 2.93. The average molecular weight is 410 g/mol. The zero-order valence-electron chi connectivity index (χ0n) is 13.0. The van der Waals surface area contributed by atoms with Crippen molar-refractivity contribution < 1.29 is 4.79 Å². The summed E-state index contributed by atoms with van der Waals surface area (Å²) in [6.07, 6.45) is 4.95. The molecule has 3 aromatic rings. The molecule has 128 valence electrons. The van der Waals surface area contributed by atoms with Crippen LogP contribution in [0, 0.1) is 0 Å². The summed E-state index contributed by atoms with van der Waals surface area (Å²) in [6, 6.07) is 5.16. The Bertz CT molecular complexity index is 974. The van der Waals surface area contributed by atoms with Crippen molar-refractivity contribution in [1.82, 2.24) is 9.97 Å². The predicted octanol–water partition coefficient (Wildman–Crippen LogP) is 5.22. The lowest BCUT2D eigenvalue weighted by atomic mass is 10.2. The molecule has 0 unspecified atom stereocenters. The number of hydrogen-bond acceptors (Lipinski definition) is 5. The molecule has 0 atom stereocenters. The van der Waals surface area contributed by atoms with Crippen LogP contribution >= 0.6 is 46.3 Å². The zero-order valence-corrected chi connectivity index (χ0v) is 16.2. The number of thiophene rings is 1. The third-order valence-electron chi connectivity index (χ3n) is 4.03. The highest BCUT2D eigenvalue weighted by Crippen LogP contribution is 2.40. The number of aromatic nitrogens is 2. The Morgan fingerprint density at radius 3 is 3.04 bits per heavy atom. The maximum Gasteiger partial charge on any atom is 0.234 e. The molecular weight excluding hydrogens is 397 g/mol. The Labute approximate surface area is 163 Å². The van der Waals surface area contributed by atoms with E-state index in [0.717, 1.165) is 28.1 Å². The van der Waals surface area contributed by atoms with Crippen molar-refractivity contribution in [3.05, 3.63) is 45.0 Å². The lowest BCUT2D eigenvalue weighted by Crippen LogP contribution is -2.14. The minimum absolute atomic E-state index is 0.146. The number of carbonyl (C=O) groups is 1. The largest absolute Gasteiger partial charge is 0.324 e. The van der Waals surface area contributed by atoms with E-state index in [2.05, 4.69) is 15.3 Å². The number of carbonyl (C=O) groups excluding carboxylic acids is 1. The second-order valence-corrected chi connectivity index (χ2v) is 8.49. The second kappa shape index (κ2) is 7.11. The fraction of sp³-hybridized carbons (Fsp3) is 0.235. The van der Waals surface area contributed by atoms with E-state index in [9.17, 15) is 4.79 Å². The Balaban J connectivity index is 1.51. The van der Waals surface area contributed by atoms with E-state index in [4.69, 9.17) is 23.2 Å². The first-order valence-electron chi connectivity index (χ1n) is 7.75. The van der Waals surface area contributed by atoms with E-state index in [-0.39, 0.29) is 11.7 Å². The van der Waals surface area contributed by atoms with Gasteiger partial charge in [0.1, 0.15) is 16.2 Å². The molecule has 1 aliphatic carbocycles. The van der Waals surface area contributed by atoms with E-state index >= 15 is 0 Å². The van der Waals surface area contributed by atoms with Crippen molar-refractivity contribution in [3.63, 3.8) is 0 Å². The van der Waals surface area contributed by atoms with Crippen molar-refractivity contribution in [2.75, 3.05) is 11.1 Å². The van der Waals surface area contributed by atoms with Gasteiger partial charge in [-0.25, -0.2) is 9.97 Å². The molecule has 0 aliphatic heterocycles. The van der Waals surface area contributed by atoms with Crippen LogP contribution in [0.5, 0.6) is 0 Å². The highest BCUT2D eigenvalue weighted by molar-refractivity contribution is 8.00. The third kappa shape index (κ3) is 3.36. The summed E-state index contributed by atoms with van der Waals surface area (Å²) in [4.78, 5) is 23.5. The number of anilines is 1. The van der Waals surface area contributed by atoms with Gasteiger partial charge < -0.3 is 5.32 Å². The molecule has 1 amide bonds. The standard InChI is InChI=1S/C17H13Cl2N3OS2/c18-10-4-2-5-11(15(10)19)22-13(23)7-24-16-14-9-3-1-6-12(9)25-17(14)21-8-20-16/h2,4-5,8H,1,3,6-7H2,(H,22,23). The zero-order chi connectivity index (χ0) is 17.4. The van der Waals surface area contributed by atoms with Crippen LogP contribution in [0.4, 0.5) is 5.69 Å². The first kappa shape index (κ1) is 17.1. The summed E-state index contributed by atoms with van der Waals surface area (Å²) < 4.78 is 0. The summed E-state index contributed by atoms with van der Waals surface area (Å²) in [5, 5.41) is 5.56. The Kier molecular flexibility index (Phi) is 4.86. The number of halogens is 2. The summed E-state index contributed by atoms with van der Waals surface area (Å²) in [7, 11) is 0. The Hall–Kier alpha value is -1.34. The van der Waals surface area contributed by atoms with Gasteiger partial charge in [-0.15, -0.1) is 11.3 Å². The van der Waals surface area contributed by atoms with Gasteiger partial charge in [0.2, 0.25) is 5.91 Å². The van der Waals surface area contributed by atoms with Crippen LogP contribution in [0.3, 0.4) is 0 Å². The van der Waals surface area contributed by atoms with E-state index in [1.807, 2.05) is 0 Å². The normalized spacial score (nSPS) is 13.2. The molecule has 8 heteroatoms. The summed E-state index contributed by atoms with van der Waals surface area (Å²) in [5.41, 5.74) is 1.88. The van der Waals surface area contributed by atoms with Gasteiger partial charge in [0.15, 0.2) is 0 Å². The van der Waals surface area contributed by atoms with Crippen LogP contribution in [0.25, 0.3) is 10.2 Å². The summed E-state index contributed by atoms with van der Waals surface area (Å²) in [5.74, 6) is 0.104. The number of nitrogens with one attached hydrogen (secondary N) is 1. The lowest BCUT2D eigenvalue weighted by Gasteiger charge is -2.08. The van der Waals surface area contributed by atoms with E-state index in [0.29, 0.717) is 15.7 Å². The molecule has 0 saturated carbocycles. The average Bonchev–Trinajstić information content (AvgIpc) is 3.18. The Morgan fingerprint density at radius 2 is 2.16 bits per heavy atom. The van der Waals surface area contributed by atoms with Crippen molar-refractivity contribution in [3.8, 4) is 0 Å². The number of aryl methyl sites for hydroxylation is 2. The van der Waals surface area contributed by atoms with Gasteiger partial charge in [0.25, 0.3) is 0 Å². The Morgan fingerprint density at radius 1 is 1.28 bits per heavy atom. The molecule has 1 aliphatic rings. The van der Waals surface area contributed by atoms with Crippen LogP contribution in [-0.4, -0.2) is 21.6 Å². The fourth-order valence-corrected chi connectivity index (χ4v) is 5.40. The van der Waals surface area contributed by atoms with E-state index < -0.39 is 0 Å². The van der Waals surface area contributed by atoms with Gasteiger partial charge in [-0.3, -0.25) is 4.79 Å². The highest BCUT2D eigenvalue weighted by atomic mass is 35.5. The first-order valence-corrected chi connectivity index (χ1v) is 10.3. The monoisotopic (exact) mass is 409 g/mol. The van der Waals surface area contributed by atoms with Crippen molar-refractivity contribution in [2.45, 2.75) is 24.3 Å². The van der Waals surface area contributed by atoms with Crippen molar-refractivity contribution >= 4 is 68.1 Å². The molecule has 4 rings (SSSR count). The number of nitrogens with zero attached hydrogens (tertiary/aromatic N) is 2. The van der Waals surface area contributed by atoms with Crippen LogP contribution in [0.1, 0.15) is 16.9 Å². The number of rotatable bonds is 4. The third-order valence-corrected chi connectivity index (χ3v) is 7.04. The number of amides is 1. The molecule has 0 radical (unpaired) electrons. The molecule has 1 aromatic carbocycles. The van der Waals surface area contributed by atoms with Crippen LogP contribution in [0.2, 0.25) is 10.0 Å². The van der Waals surface area contributed by atoms with Gasteiger partial charge in [-0.1, -0.05) is 41.0 Å². The molecule has 0 saturated heterocycles. The maximum atomic E-state index is 12.3. The number of thioether (sulfide) groups is 1.